The van der Waals surface area contributed by atoms with E-state index in [1.165, 1.54) is 12.0 Å². The molecule has 88 valence electrons. The molecule has 0 aliphatic carbocycles. The number of nitrogens with two attached hydrogens (primary N) is 2. The highest BCUT2D eigenvalue weighted by Gasteiger charge is 2.18. The second kappa shape index (κ2) is 7.19. The summed E-state index contributed by atoms with van der Waals surface area (Å²) in [5.74, 6) is -0.694. The second-order valence-corrected chi connectivity index (χ2v) is 3.17. The highest BCUT2D eigenvalue weighted by molar-refractivity contribution is 5.84. The summed E-state index contributed by atoms with van der Waals surface area (Å²) in [5, 5.41) is 0. The lowest BCUT2D eigenvalue weighted by molar-refractivity contribution is -0.136. The third-order valence-corrected chi connectivity index (χ3v) is 2.08. The Morgan fingerprint density at radius 1 is 1.47 bits per heavy atom. The molecule has 0 aromatic carbocycles. The minimum Gasteiger partial charge on any atom is -0.380 e. The third-order valence-electron chi connectivity index (χ3n) is 2.08. The van der Waals surface area contributed by atoms with Crippen LogP contribution in [0.4, 0.5) is 0 Å². The molecule has 0 bridgehead atoms. The maximum Gasteiger partial charge on any atom is 0.237 e. The van der Waals surface area contributed by atoms with E-state index in [9.17, 15) is 9.59 Å². The molecule has 4 N–H and O–H groups in total. The average Bonchev–Trinajstić information content (AvgIpc) is 2.21. The first-order valence-electron chi connectivity index (χ1n) is 4.84. The Hall–Kier alpha value is -1.14. The maximum absolute atomic E-state index is 11.6. The normalized spacial score (nSPS) is 12.2. The summed E-state index contributed by atoms with van der Waals surface area (Å²) in [6, 6.07) is 0. The van der Waals surface area contributed by atoms with Crippen LogP contribution in [-0.4, -0.2) is 49.6 Å². The lowest BCUT2D eigenvalue weighted by Crippen LogP contribution is -2.40. The molecule has 0 aromatic heterocycles. The first-order valence-corrected chi connectivity index (χ1v) is 4.84. The van der Waals surface area contributed by atoms with Gasteiger partial charge in [0.2, 0.25) is 11.8 Å². The van der Waals surface area contributed by atoms with Gasteiger partial charge in [0.15, 0.2) is 0 Å². The zero-order chi connectivity index (χ0) is 11.8. The Kier molecular flexibility index (Phi) is 6.64. The van der Waals surface area contributed by atoms with Crippen molar-refractivity contribution in [1.82, 2.24) is 4.90 Å². The number of carbonyl (C=O) groups is 2. The fraction of sp³-hybridized carbons (Fsp3) is 0.778. The first-order chi connectivity index (χ1) is 7.04. The first kappa shape index (κ1) is 13.9. The van der Waals surface area contributed by atoms with Gasteiger partial charge >= 0.3 is 0 Å². The zero-order valence-corrected chi connectivity index (χ0v) is 9.23. The van der Waals surface area contributed by atoms with Gasteiger partial charge in [-0.1, -0.05) is 0 Å². The van der Waals surface area contributed by atoms with Gasteiger partial charge in [0.05, 0.1) is 19.1 Å². The minimum absolute atomic E-state index is 0.0592. The van der Waals surface area contributed by atoms with Crippen LogP contribution >= 0.6 is 0 Å². The van der Waals surface area contributed by atoms with Crippen molar-refractivity contribution in [2.75, 3.05) is 26.7 Å². The van der Waals surface area contributed by atoms with Gasteiger partial charge < -0.3 is 21.1 Å². The van der Waals surface area contributed by atoms with Crippen LogP contribution in [0, 0.1) is 0 Å². The number of likely N-dealkylation sites (N-methyl/N-ethyl adjacent to an activating group) is 1. The molecular formula is C9H19N3O3. The topological polar surface area (TPSA) is 98.7 Å². The summed E-state index contributed by atoms with van der Waals surface area (Å²) >= 11 is 0. The van der Waals surface area contributed by atoms with Crippen LogP contribution in [0.1, 0.15) is 13.3 Å². The summed E-state index contributed by atoms with van der Waals surface area (Å²) in [5.41, 5.74) is 10.4. The molecule has 2 amide bonds. The zero-order valence-electron chi connectivity index (χ0n) is 9.23. The van der Waals surface area contributed by atoms with Crippen molar-refractivity contribution < 1.29 is 14.3 Å². The molecule has 6 heteroatoms. The Morgan fingerprint density at radius 3 is 2.40 bits per heavy atom. The van der Waals surface area contributed by atoms with Crippen LogP contribution in [0.3, 0.4) is 0 Å². The van der Waals surface area contributed by atoms with Crippen molar-refractivity contribution >= 4 is 11.8 Å². The molecule has 0 heterocycles. The SMILES string of the molecule is CCN(CC(N)=O)C(=O)CC(CN)OC. The number of hydrogen-bond acceptors (Lipinski definition) is 4. The third kappa shape index (κ3) is 5.34. The summed E-state index contributed by atoms with van der Waals surface area (Å²) < 4.78 is 4.98. The van der Waals surface area contributed by atoms with Gasteiger partial charge in [-0.15, -0.1) is 0 Å². The van der Waals surface area contributed by atoms with Gasteiger partial charge in [-0.3, -0.25) is 9.59 Å². The molecule has 1 unspecified atom stereocenters. The van der Waals surface area contributed by atoms with Crippen LogP contribution in [-0.2, 0) is 14.3 Å². The molecule has 0 aliphatic rings. The molecule has 0 spiro atoms. The Bertz CT molecular complexity index is 217. The molecular weight excluding hydrogens is 198 g/mol. The van der Waals surface area contributed by atoms with E-state index >= 15 is 0 Å². The Labute approximate surface area is 89.5 Å². The van der Waals surface area contributed by atoms with E-state index in [1.807, 2.05) is 0 Å². The highest BCUT2D eigenvalue weighted by atomic mass is 16.5. The van der Waals surface area contributed by atoms with Gasteiger partial charge in [-0.2, -0.15) is 0 Å². The smallest absolute Gasteiger partial charge is 0.237 e. The number of primary amides is 1. The van der Waals surface area contributed by atoms with Gasteiger partial charge in [-0.05, 0) is 6.92 Å². The molecule has 0 aliphatic heterocycles. The van der Waals surface area contributed by atoms with E-state index < -0.39 is 5.91 Å². The lowest BCUT2D eigenvalue weighted by Gasteiger charge is -2.21. The lowest BCUT2D eigenvalue weighted by atomic mass is 10.2. The van der Waals surface area contributed by atoms with E-state index in [1.54, 1.807) is 6.92 Å². The van der Waals surface area contributed by atoms with E-state index in [0.29, 0.717) is 6.54 Å². The number of methoxy groups -OCH3 is 1. The van der Waals surface area contributed by atoms with Crippen LogP contribution in [0.15, 0.2) is 0 Å². The number of nitrogens with zero attached hydrogens (tertiary/aromatic N) is 1. The second-order valence-electron chi connectivity index (χ2n) is 3.17. The molecule has 0 fully saturated rings. The predicted octanol–water partition coefficient (Wildman–Crippen LogP) is -1.32. The van der Waals surface area contributed by atoms with Crippen molar-refractivity contribution in [2.24, 2.45) is 11.5 Å². The predicted molar refractivity (Wildman–Crippen MR) is 55.9 cm³/mol. The van der Waals surface area contributed by atoms with Crippen molar-refractivity contribution in [3.8, 4) is 0 Å². The fourth-order valence-corrected chi connectivity index (χ4v) is 1.15. The molecule has 0 rings (SSSR count). The van der Waals surface area contributed by atoms with Gasteiger partial charge in [0, 0.05) is 20.2 Å². The van der Waals surface area contributed by atoms with Crippen molar-refractivity contribution in [3.05, 3.63) is 0 Å². The van der Waals surface area contributed by atoms with Crippen molar-refractivity contribution in [3.63, 3.8) is 0 Å². The Balaban J connectivity index is 4.19. The standard InChI is InChI=1S/C9H19N3O3/c1-3-12(6-8(11)13)9(14)4-7(5-10)15-2/h7H,3-6,10H2,1-2H3,(H2,11,13). The number of rotatable bonds is 7. The molecule has 6 nitrogen and oxygen atoms in total. The average molecular weight is 217 g/mol. The summed E-state index contributed by atoms with van der Waals surface area (Å²) in [6.07, 6.45) is -0.131. The summed E-state index contributed by atoms with van der Waals surface area (Å²) in [6.45, 7) is 2.45. The minimum atomic E-state index is -0.521. The van der Waals surface area contributed by atoms with Gasteiger partial charge in [0.1, 0.15) is 0 Å². The van der Waals surface area contributed by atoms with E-state index in [-0.39, 0.29) is 31.5 Å². The fourth-order valence-electron chi connectivity index (χ4n) is 1.15. The summed E-state index contributed by atoms with van der Waals surface area (Å²) in [7, 11) is 1.50. The van der Waals surface area contributed by atoms with Crippen LogP contribution < -0.4 is 11.5 Å². The number of ether oxygens (including phenoxy) is 1. The number of carbonyl (C=O) groups excluding carboxylic acids is 2. The molecule has 1 atom stereocenters. The molecule has 15 heavy (non-hydrogen) atoms. The van der Waals surface area contributed by atoms with E-state index in [2.05, 4.69) is 0 Å². The van der Waals surface area contributed by atoms with Crippen LogP contribution in [0.25, 0.3) is 0 Å². The van der Waals surface area contributed by atoms with Crippen molar-refractivity contribution in [2.45, 2.75) is 19.4 Å². The molecule has 0 radical (unpaired) electrons. The quantitative estimate of drug-likeness (QED) is 0.552. The van der Waals surface area contributed by atoms with Crippen LogP contribution in [0.2, 0.25) is 0 Å². The van der Waals surface area contributed by atoms with E-state index in [4.69, 9.17) is 16.2 Å². The van der Waals surface area contributed by atoms with Crippen molar-refractivity contribution in [1.29, 1.82) is 0 Å². The molecule has 0 aromatic rings. The molecule has 0 saturated heterocycles. The highest BCUT2D eigenvalue weighted by Crippen LogP contribution is 2.00. The largest absolute Gasteiger partial charge is 0.380 e. The maximum atomic E-state index is 11.6. The van der Waals surface area contributed by atoms with E-state index in [0.717, 1.165) is 0 Å². The molecule has 0 saturated carbocycles. The monoisotopic (exact) mass is 217 g/mol. The van der Waals surface area contributed by atoms with Gasteiger partial charge in [0.25, 0.3) is 0 Å². The van der Waals surface area contributed by atoms with Crippen LogP contribution in [0.5, 0.6) is 0 Å². The number of hydrogen-bond donors (Lipinski definition) is 2. The summed E-state index contributed by atoms with van der Waals surface area (Å²) in [4.78, 5) is 23.7. The number of amides is 2. The van der Waals surface area contributed by atoms with Gasteiger partial charge in [-0.25, -0.2) is 0 Å². The Morgan fingerprint density at radius 2 is 2.07 bits per heavy atom.